The second-order valence-electron chi connectivity index (χ2n) is 4.89. The lowest BCUT2D eigenvalue weighted by molar-refractivity contribution is -0.274. The summed E-state index contributed by atoms with van der Waals surface area (Å²) in [6.07, 6.45) is -4.67. The van der Waals surface area contributed by atoms with Crippen molar-refractivity contribution >= 4 is 15.9 Å². The van der Waals surface area contributed by atoms with Crippen molar-refractivity contribution in [3.63, 3.8) is 0 Å². The van der Waals surface area contributed by atoms with Gasteiger partial charge in [-0.3, -0.25) is 4.90 Å². The first kappa shape index (κ1) is 15.6. The molecule has 0 aromatic heterocycles. The molecule has 3 nitrogen and oxygen atoms in total. The van der Waals surface area contributed by atoms with Crippen molar-refractivity contribution in [2.45, 2.75) is 12.9 Å². The third-order valence-corrected chi connectivity index (χ3v) is 3.84. The molecular formula is C13H16BrF3N2O. The monoisotopic (exact) mass is 352 g/mol. The number of likely N-dealkylation sites (N-methyl/N-ethyl adjacent to an activating group) is 1. The number of benzene rings is 1. The molecule has 0 radical (unpaired) electrons. The first-order chi connectivity index (χ1) is 9.33. The second-order valence-corrected chi connectivity index (χ2v) is 5.75. The van der Waals surface area contributed by atoms with Crippen molar-refractivity contribution in [2.75, 3.05) is 33.2 Å². The molecule has 0 N–H and O–H groups in total. The number of hydrogen-bond donors (Lipinski definition) is 0. The van der Waals surface area contributed by atoms with Crippen LogP contribution in [0.2, 0.25) is 0 Å². The normalized spacial score (nSPS) is 18.2. The van der Waals surface area contributed by atoms with E-state index in [4.69, 9.17) is 0 Å². The number of alkyl halides is 3. The Hall–Kier alpha value is -0.790. The Morgan fingerprint density at radius 1 is 1.20 bits per heavy atom. The van der Waals surface area contributed by atoms with Gasteiger partial charge in [-0.2, -0.15) is 0 Å². The molecule has 0 atom stereocenters. The van der Waals surface area contributed by atoms with Crippen LogP contribution in [-0.2, 0) is 6.54 Å². The van der Waals surface area contributed by atoms with Crippen LogP contribution in [0.4, 0.5) is 13.2 Å². The van der Waals surface area contributed by atoms with Gasteiger partial charge < -0.3 is 9.64 Å². The number of nitrogens with zero attached hydrogens (tertiary/aromatic N) is 2. The largest absolute Gasteiger partial charge is 0.573 e. The van der Waals surface area contributed by atoms with Gasteiger partial charge in [0.25, 0.3) is 0 Å². The second kappa shape index (κ2) is 6.32. The van der Waals surface area contributed by atoms with Crippen LogP contribution in [0.25, 0.3) is 0 Å². The molecule has 112 valence electrons. The standard InChI is InChI=1S/C13H16BrF3N2O/c1-18-4-6-19(7-5-18)9-10-2-3-12(11(14)8-10)20-13(15,16)17/h2-3,8H,4-7,9H2,1H3. The van der Waals surface area contributed by atoms with Crippen LogP contribution >= 0.6 is 15.9 Å². The van der Waals surface area contributed by atoms with Crippen molar-refractivity contribution in [2.24, 2.45) is 0 Å². The molecule has 20 heavy (non-hydrogen) atoms. The average molecular weight is 353 g/mol. The van der Waals surface area contributed by atoms with Crippen LogP contribution in [-0.4, -0.2) is 49.4 Å². The minimum Gasteiger partial charge on any atom is -0.405 e. The summed E-state index contributed by atoms with van der Waals surface area (Å²) in [5, 5.41) is 0. The maximum absolute atomic E-state index is 12.2. The zero-order chi connectivity index (χ0) is 14.8. The van der Waals surface area contributed by atoms with E-state index in [-0.39, 0.29) is 5.75 Å². The summed E-state index contributed by atoms with van der Waals surface area (Å²) in [5.74, 6) is -0.209. The summed E-state index contributed by atoms with van der Waals surface area (Å²) in [6.45, 7) is 4.69. The number of hydrogen-bond acceptors (Lipinski definition) is 3. The van der Waals surface area contributed by atoms with Crippen LogP contribution in [0.5, 0.6) is 5.75 Å². The fraction of sp³-hybridized carbons (Fsp3) is 0.538. The van der Waals surface area contributed by atoms with E-state index in [9.17, 15) is 13.2 Å². The molecule has 0 aliphatic carbocycles. The van der Waals surface area contributed by atoms with Gasteiger partial charge in [0, 0.05) is 32.7 Å². The van der Waals surface area contributed by atoms with Crippen molar-refractivity contribution < 1.29 is 17.9 Å². The lowest BCUT2D eigenvalue weighted by Gasteiger charge is -2.32. The van der Waals surface area contributed by atoms with Gasteiger partial charge in [0.15, 0.2) is 0 Å². The fourth-order valence-electron chi connectivity index (χ4n) is 2.11. The molecule has 1 saturated heterocycles. The van der Waals surface area contributed by atoms with E-state index in [1.54, 1.807) is 12.1 Å². The van der Waals surface area contributed by atoms with Gasteiger partial charge in [-0.15, -0.1) is 13.2 Å². The van der Waals surface area contributed by atoms with E-state index in [0.29, 0.717) is 4.47 Å². The molecule has 1 fully saturated rings. The predicted molar refractivity (Wildman–Crippen MR) is 73.6 cm³/mol. The SMILES string of the molecule is CN1CCN(Cc2ccc(OC(F)(F)F)c(Br)c2)CC1. The number of halogens is 4. The third-order valence-electron chi connectivity index (χ3n) is 3.22. The Kier molecular flexibility index (Phi) is 4.93. The molecule has 1 aliphatic rings. The molecule has 0 saturated carbocycles. The first-order valence-corrected chi connectivity index (χ1v) is 7.08. The summed E-state index contributed by atoms with van der Waals surface area (Å²) in [4.78, 5) is 4.54. The number of piperazine rings is 1. The van der Waals surface area contributed by atoms with E-state index in [1.165, 1.54) is 6.07 Å². The minimum atomic E-state index is -4.67. The lowest BCUT2D eigenvalue weighted by Crippen LogP contribution is -2.43. The fourth-order valence-corrected chi connectivity index (χ4v) is 2.62. The zero-order valence-electron chi connectivity index (χ0n) is 11.1. The molecule has 7 heteroatoms. The Morgan fingerprint density at radius 2 is 1.85 bits per heavy atom. The first-order valence-electron chi connectivity index (χ1n) is 6.28. The van der Waals surface area contributed by atoms with Crippen LogP contribution in [0.15, 0.2) is 22.7 Å². The Labute approximate surface area is 124 Å². The Balaban J connectivity index is 1.98. The van der Waals surface area contributed by atoms with Crippen molar-refractivity contribution in [1.29, 1.82) is 0 Å². The molecule has 2 rings (SSSR count). The smallest absolute Gasteiger partial charge is 0.405 e. The van der Waals surface area contributed by atoms with Crippen molar-refractivity contribution in [3.05, 3.63) is 28.2 Å². The highest BCUT2D eigenvalue weighted by Crippen LogP contribution is 2.31. The highest BCUT2D eigenvalue weighted by molar-refractivity contribution is 9.10. The predicted octanol–water partition coefficient (Wildman–Crippen LogP) is 3.10. The molecule has 0 spiro atoms. The van der Waals surface area contributed by atoms with Gasteiger partial charge in [-0.1, -0.05) is 6.07 Å². The Morgan fingerprint density at radius 3 is 2.40 bits per heavy atom. The topological polar surface area (TPSA) is 15.7 Å². The highest BCUT2D eigenvalue weighted by atomic mass is 79.9. The van der Waals surface area contributed by atoms with Gasteiger partial charge in [0.1, 0.15) is 5.75 Å². The van der Waals surface area contributed by atoms with E-state index in [1.807, 2.05) is 0 Å². The van der Waals surface area contributed by atoms with Gasteiger partial charge >= 0.3 is 6.36 Å². The van der Waals surface area contributed by atoms with Gasteiger partial charge in [0.05, 0.1) is 4.47 Å². The van der Waals surface area contributed by atoms with E-state index >= 15 is 0 Å². The lowest BCUT2D eigenvalue weighted by atomic mass is 10.2. The quantitative estimate of drug-likeness (QED) is 0.831. The van der Waals surface area contributed by atoms with Crippen LogP contribution in [0, 0.1) is 0 Å². The molecule has 1 aliphatic heterocycles. The highest BCUT2D eigenvalue weighted by Gasteiger charge is 2.32. The van der Waals surface area contributed by atoms with Gasteiger partial charge in [-0.05, 0) is 40.7 Å². The summed E-state index contributed by atoms with van der Waals surface area (Å²) >= 11 is 3.12. The molecule has 0 bridgehead atoms. The zero-order valence-corrected chi connectivity index (χ0v) is 12.7. The maximum atomic E-state index is 12.2. The number of ether oxygens (including phenoxy) is 1. The molecule has 0 amide bonds. The van der Waals surface area contributed by atoms with Gasteiger partial charge in [0.2, 0.25) is 0 Å². The van der Waals surface area contributed by atoms with Crippen molar-refractivity contribution in [1.82, 2.24) is 9.80 Å². The van der Waals surface area contributed by atoms with Crippen LogP contribution in [0.1, 0.15) is 5.56 Å². The van der Waals surface area contributed by atoms with Crippen molar-refractivity contribution in [3.8, 4) is 5.75 Å². The molecule has 1 heterocycles. The molecule has 1 aromatic rings. The molecule has 1 aromatic carbocycles. The summed E-state index contributed by atoms with van der Waals surface area (Å²) < 4.78 is 40.8. The Bertz CT molecular complexity index is 459. The summed E-state index contributed by atoms with van der Waals surface area (Å²) in [7, 11) is 2.08. The van der Waals surface area contributed by atoms with Gasteiger partial charge in [-0.25, -0.2) is 0 Å². The van der Waals surface area contributed by atoms with Crippen LogP contribution in [0.3, 0.4) is 0 Å². The maximum Gasteiger partial charge on any atom is 0.573 e. The third kappa shape index (κ3) is 4.64. The van der Waals surface area contributed by atoms with E-state index in [0.717, 1.165) is 38.3 Å². The number of rotatable bonds is 3. The molecule has 0 unspecified atom stereocenters. The summed E-state index contributed by atoms with van der Waals surface area (Å²) in [5.41, 5.74) is 0.968. The molecular weight excluding hydrogens is 337 g/mol. The van der Waals surface area contributed by atoms with E-state index in [2.05, 4.69) is 37.5 Å². The van der Waals surface area contributed by atoms with Crippen LogP contribution < -0.4 is 4.74 Å². The average Bonchev–Trinajstić information content (AvgIpc) is 2.34. The van der Waals surface area contributed by atoms with E-state index < -0.39 is 6.36 Å². The summed E-state index contributed by atoms with van der Waals surface area (Å²) in [6, 6.07) is 4.70. The minimum absolute atomic E-state index is 0.209.